The molecule has 0 radical (unpaired) electrons. The third kappa shape index (κ3) is 3.75. The number of aryl methyl sites for hydroxylation is 3. The second kappa shape index (κ2) is 7.03. The largest absolute Gasteiger partial charge is 0.338 e. The van der Waals surface area contributed by atoms with Gasteiger partial charge in [0.15, 0.2) is 0 Å². The fourth-order valence-corrected chi connectivity index (χ4v) is 3.14. The van der Waals surface area contributed by atoms with Crippen molar-refractivity contribution in [1.29, 1.82) is 0 Å². The molecule has 0 bridgehead atoms. The molecule has 0 saturated heterocycles. The van der Waals surface area contributed by atoms with Gasteiger partial charge in [0.05, 0.1) is 5.69 Å². The zero-order chi connectivity index (χ0) is 17.1. The number of hydrogen-bond donors (Lipinski definition) is 1. The summed E-state index contributed by atoms with van der Waals surface area (Å²) in [6.45, 7) is 6.53. The van der Waals surface area contributed by atoms with Crippen LogP contribution in [0.1, 0.15) is 28.9 Å². The quantitative estimate of drug-likeness (QED) is 0.877. The van der Waals surface area contributed by atoms with Crippen LogP contribution in [-0.2, 0) is 19.5 Å². The van der Waals surface area contributed by atoms with Crippen LogP contribution < -0.4 is 5.32 Å². The summed E-state index contributed by atoms with van der Waals surface area (Å²) in [4.78, 5) is 14.0. The summed E-state index contributed by atoms with van der Waals surface area (Å²) in [6, 6.07) is 6.78. The number of amides is 2. The summed E-state index contributed by atoms with van der Waals surface area (Å²) in [5.74, 6) is -0.249. The number of nitrogens with zero attached hydrogens (tertiary/aromatic N) is 3. The van der Waals surface area contributed by atoms with Crippen LogP contribution in [0.25, 0.3) is 0 Å². The predicted molar refractivity (Wildman–Crippen MR) is 90.2 cm³/mol. The zero-order valence-electron chi connectivity index (χ0n) is 14.2. The van der Waals surface area contributed by atoms with E-state index >= 15 is 0 Å². The molecule has 0 aliphatic carbocycles. The standard InChI is InChI=1S/C18H23FN4O/c1-13-10-14(2)23(21-13)8-3-7-20-18(24)22-9-6-15-4-5-17(19)11-16(15)12-22/h4-5,10-11H,3,6-9,12H2,1-2H3,(H,20,24). The number of hydrogen-bond acceptors (Lipinski definition) is 2. The van der Waals surface area contributed by atoms with E-state index < -0.39 is 0 Å². The summed E-state index contributed by atoms with van der Waals surface area (Å²) in [5.41, 5.74) is 4.17. The van der Waals surface area contributed by atoms with Crippen molar-refractivity contribution in [3.8, 4) is 0 Å². The Morgan fingerprint density at radius 3 is 2.88 bits per heavy atom. The van der Waals surface area contributed by atoms with Gasteiger partial charge in [-0.2, -0.15) is 5.10 Å². The topological polar surface area (TPSA) is 50.2 Å². The van der Waals surface area contributed by atoms with Crippen LogP contribution in [0, 0.1) is 19.7 Å². The lowest BCUT2D eigenvalue weighted by molar-refractivity contribution is 0.192. The molecule has 0 saturated carbocycles. The number of carbonyl (C=O) groups excluding carboxylic acids is 1. The first-order valence-electron chi connectivity index (χ1n) is 8.34. The minimum atomic E-state index is -0.249. The van der Waals surface area contributed by atoms with Crippen molar-refractivity contribution < 1.29 is 9.18 Å². The van der Waals surface area contributed by atoms with E-state index in [1.54, 1.807) is 4.90 Å². The summed E-state index contributed by atoms with van der Waals surface area (Å²) in [6.07, 6.45) is 1.60. The first-order chi connectivity index (χ1) is 11.5. The van der Waals surface area contributed by atoms with E-state index in [9.17, 15) is 9.18 Å². The van der Waals surface area contributed by atoms with E-state index in [1.165, 1.54) is 12.1 Å². The Balaban J connectivity index is 1.47. The van der Waals surface area contributed by atoms with Crippen LogP contribution in [0.2, 0.25) is 0 Å². The number of benzene rings is 1. The van der Waals surface area contributed by atoms with Crippen LogP contribution in [-0.4, -0.2) is 33.8 Å². The summed E-state index contributed by atoms with van der Waals surface area (Å²) in [7, 11) is 0. The highest BCUT2D eigenvalue weighted by molar-refractivity contribution is 5.74. The minimum Gasteiger partial charge on any atom is -0.338 e. The second-order valence-electron chi connectivity index (χ2n) is 6.32. The highest BCUT2D eigenvalue weighted by Gasteiger charge is 2.20. The van der Waals surface area contributed by atoms with Gasteiger partial charge in [-0.3, -0.25) is 4.68 Å². The smallest absolute Gasteiger partial charge is 0.317 e. The molecule has 1 aliphatic heterocycles. The molecule has 1 aromatic carbocycles. The Hall–Kier alpha value is -2.37. The average Bonchev–Trinajstić information content (AvgIpc) is 2.88. The van der Waals surface area contributed by atoms with Gasteiger partial charge < -0.3 is 10.2 Å². The zero-order valence-corrected chi connectivity index (χ0v) is 14.2. The predicted octanol–water partition coefficient (Wildman–Crippen LogP) is 2.80. The van der Waals surface area contributed by atoms with Crippen molar-refractivity contribution in [2.75, 3.05) is 13.1 Å². The van der Waals surface area contributed by atoms with Gasteiger partial charge in [-0.25, -0.2) is 9.18 Å². The van der Waals surface area contributed by atoms with Gasteiger partial charge >= 0.3 is 6.03 Å². The maximum Gasteiger partial charge on any atom is 0.317 e. The molecule has 6 heteroatoms. The lowest BCUT2D eigenvalue weighted by Gasteiger charge is -2.29. The third-order valence-electron chi connectivity index (χ3n) is 4.39. The first-order valence-corrected chi connectivity index (χ1v) is 8.34. The van der Waals surface area contributed by atoms with Crippen molar-refractivity contribution in [2.45, 2.75) is 39.8 Å². The van der Waals surface area contributed by atoms with E-state index in [2.05, 4.69) is 10.4 Å². The Morgan fingerprint density at radius 1 is 1.29 bits per heavy atom. The monoisotopic (exact) mass is 330 g/mol. The number of carbonyl (C=O) groups is 1. The maximum atomic E-state index is 13.3. The molecule has 2 aromatic rings. The first kappa shape index (κ1) is 16.5. The van der Waals surface area contributed by atoms with Crippen LogP contribution >= 0.6 is 0 Å². The lowest BCUT2D eigenvalue weighted by atomic mass is 10.00. The Labute approximate surface area is 141 Å². The average molecular weight is 330 g/mol. The van der Waals surface area contributed by atoms with Crippen molar-refractivity contribution in [1.82, 2.24) is 20.0 Å². The van der Waals surface area contributed by atoms with Crippen LogP contribution in [0.3, 0.4) is 0 Å². The Kier molecular flexibility index (Phi) is 4.83. The fraction of sp³-hybridized carbons (Fsp3) is 0.444. The van der Waals surface area contributed by atoms with E-state index in [4.69, 9.17) is 0 Å². The molecular weight excluding hydrogens is 307 g/mol. The summed E-state index contributed by atoms with van der Waals surface area (Å²) >= 11 is 0. The normalized spacial score (nSPS) is 13.7. The highest BCUT2D eigenvalue weighted by Crippen LogP contribution is 2.19. The van der Waals surface area contributed by atoms with E-state index in [1.807, 2.05) is 30.7 Å². The molecular formula is C18H23FN4O. The number of rotatable bonds is 4. The van der Waals surface area contributed by atoms with Crippen molar-refractivity contribution in [3.05, 3.63) is 52.6 Å². The van der Waals surface area contributed by atoms with Gasteiger partial charge in [0.1, 0.15) is 5.82 Å². The Morgan fingerprint density at radius 2 is 2.12 bits per heavy atom. The van der Waals surface area contributed by atoms with E-state index in [-0.39, 0.29) is 11.8 Å². The molecule has 0 atom stereocenters. The van der Waals surface area contributed by atoms with Crippen LogP contribution in [0.4, 0.5) is 9.18 Å². The molecule has 128 valence electrons. The summed E-state index contributed by atoms with van der Waals surface area (Å²) < 4.78 is 15.3. The summed E-state index contributed by atoms with van der Waals surface area (Å²) in [5, 5.41) is 7.35. The number of fused-ring (bicyclic) bond motifs is 1. The molecule has 1 aliphatic rings. The minimum absolute atomic E-state index is 0.0849. The molecule has 0 unspecified atom stereocenters. The Bertz CT molecular complexity index is 741. The number of urea groups is 1. The molecule has 1 aromatic heterocycles. The third-order valence-corrected chi connectivity index (χ3v) is 4.39. The molecule has 24 heavy (non-hydrogen) atoms. The van der Waals surface area contributed by atoms with E-state index in [0.29, 0.717) is 19.6 Å². The lowest BCUT2D eigenvalue weighted by Crippen LogP contribution is -2.43. The molecule has 0 fully saturated rings. The van der Waals surface area contributed by atoms with Crippen molar-refractivity contribution in [3.63, 3.8) is 0 Å². The number of halogens is 1. The molecule has 2 amide bonds. The molecule has 3 rings (SSSR count). The van der Waals surface area contributed by atoms with Crippen molar-refractivity contribution >= 4 is 6.03 Å². The maximum absolute atomic E-state index is 13.3. The number of aromatic nitrogens is 2. The molecule has 2 heterocycles. The van der Waals surface area contributed by atoms with Gasteiger partial charge in [0.25, 0.3) is 0 Å². The van der Waals surface area contributed by atoms with Gasteiger partial charge in [0.2, 0.25) is 0 Å². The van der Waals surface area contributed by atoms with Crippen LogP contribution in [0.5, 0.6) is 0 Å². The second-order valence-corrected chi connectivity index (χ2v) is 6.32. The van der Waals surface area contributed by atoms with E-state index in [0.717, 1.165) is 41.9 Å². The molecule has 1 N–H and O–H groups in total. The highest BCUT2D eigenvalue weighted by atomic mass is 19.1. The SMILES string of the molecule is Cc1cc(C)n(CCCNC(=O)N2CCc3ccc(F)cc3C2)n1. The number of nitrogens with one attached hydrogen (secondary N) is 1. The van der Waals surface area contributed by atoms with Gasteiger partial charge in [-0.1, -0.05) is 6.07 Å². The van der Waals surface area contributed by atoms with Gasteiger partial charge in [-0.15, -0.1) is 0 Å². The van der Waals surface area contributed by atoms with Crippen molar-refractivity contribution in [2.24, 2.45) is 0 Å². The molecule has 5 nitrogen and oxygen atoms in total. The van der Waals surface area contributed by atoms with Gasteiger partial charge in [0, 0.05) is 31.9 Å². The van der Waals surface area contributed by atoms with Gasteiger partial charge in [-0.05, 0) is 56.0 Å². The molecule has 0 spiro atoms. The van der Waals surface area contributed by atoms with Crippen LogP contribution in [0.15, 0.2) is 24.3 Å². The fourth-order valence-electron chi connectivity index (χ4n) is 3.14.